The third-order valence-corrected chi connectivity index (χ3v) is 18.8. The molecule has 0 saturated carbocycles. The van der Waals surface area contributed by atoms with E-state index < -0.39 is 0 Å². The van der Waals surface area contributed by atoms with Crippen molar-refractivity contribution in [2.45, 2.75) is 96.8 Å². The van der Waals surface area contributed by atoms with Gasteiger partial charge in [0.05, 0.1) is 11.4 Å². The lowest BCUT2D eigenvalue weighted by Crippen LogP contribution is -2.62. The third kappa shape index (κ3) is 7.21. The van der Waals surface area contributed by atoms with Crippen LogP contribution in [0.5, 0.6) is 0 Å². The second-order valence-corrected chi connectivity index (χ2v) is 26.0. The van der Waals surface area contributed by atoms with Crippen molar-refractivity contribution in [1.29, 1.82) is 0 Å². The van der Waals surface area contributed by atoms with E-state index in [1.165, 1.54) is 83.5 Å². The fourth-order valence-corrected chi connectivity index (χ4v) is 14.3. The van der Waals surface area contributed by atoms with Crippen LogP contribution in [0.2, 0.25) is 0 Å². The van der Waals surface area contributed by atoms with Gasteiger partial charge in [0, 0.05) is 55.9 Å². The van der Waals surface area contributed by atoms with Crippen molar-refractivity contribution in [3.63, 3.8) is 0 Å². The van der Waals surface area contributed by atoms with Gasteiger partial charge in [-0.3, -0.25) is 0 Å². The third-order valence-electron chi connectivity index (χ3n) is 18.8. The fourth-order valence-electron chi connectivity index (χ4n) is 14.3. The zero-order valence-electron chi connectivity index (χ0n) is 47.4. The van der Waals surface area contributed by atoms with Crippen LogP contribution in [0.3, 0.4) is 0 Å². The van der Waals surface area contributed by atoms with Crippen molar-refractivity contribution in [2.75, 3.05) is 14.6 Å². The first-order valence-corrected chi connectivity index (χ1v) is 28.8. The van der Waals surface area contributed by atoms with E-state index >= 15 is 0 Å². The van der Waals surface area contributed by atoms with Gasteiger partial charge in [0.1, 0.15) is 5.58 Å². The van der Waals surface area contributed by atoms with Crippen LogP contribution in [0.15, 0.2) is 217 Å². The maximum absolute atomic E-state index is 7.33. The number of para-hydroxylation sites is 2. The summed E-state index contributed by atoms with van der Waals surface area (Å²) < 4.78 is 7.33. The van der Waals surface area contributed by atoms with E-state index in [4.69, 9.17) is 4.42 Å². The molecule has 0 N–H and O–H groups in total. The Kier molecular flexibility index (Phi) is 10.5. The summed E-state index contributed by atoms with van der Waals surface area (Å²) in [7, 11) is 0. The van der Waals surface area contributed by atoms with Crippen LogP contribution in [0, 0.1) is 0 Å². The summed E-state index contributed by atoms with van der Waals surface area (Å²) in [5.74, 6) is 0. The highest BCUT2D eigenvalue weighted by atomic mass is 16.3. The summed E-state index contributed by atoms with van der Waals surface area (Å²) >= 11 is 0. The predicted octanol–water partition coefficient (Wildman–Crippen LogP) is 19.4. The Labute approximate surface area is 472 Å². The highest BCUT2D eigenvalue weighted by Gasteiger charge is 2.52. The molecule has 0 atom stereocenters. The zero-order chi connectivity index (χ0) is 54.6. The first-order chi connectivity index (χ1) is 38.5. The standard InChI is InChI=1S/C75H66BN3O/c1-72(2,3)51-31-37-53(38-32-51)77(52-33-27-49(28-34-52)47-19-12-10-13-20-47)55-39-40-56-58-44-59-57-23-16-17-26-67(57)80-71(59)70-68(58)76(79(65(56)43-55)54-35-29-50(30-36-54)48-21-14-11-15-22-48)64-25-18-24-60-69(64)78(70)66-46-62-61(45-63(66)75(60,8)9)73(4,5)41-42-74(62,6)7/h10-40,43-46H,41-42H2,1-9H3. The van der Waals surface area contributed by atoms with Crippen molar-refractivity contribution in [2.24, 2.45) is 0 Å². The number of fused-ring (bicyclic) bond motifs is 11. The van der Waals surface area contributed by atoms with Crippen molar-refractivity contribution < 1.29 is 4.42 Å². The van der Waals surface area contributed by atoms with Gasteiger partial charge in [0.15, 0.2) is 5.58 Å². The number of hydrogen-bond acceptors (Lipinski definition) is 4. The number of nitrogens with zero attached hydrogens (tertiary/aromatic N) is 3. The Balaban J connectivity index is 1.03. The maximum Gasteiger partial charge on any atom is 0.333 e. The average molecular weight is 1040 g/mol. The molecule has 0 spiro atoms. The van der Waals surface area contributed by atoms with Gasteiger partial charge in [-0.1, -0.05) is 208 Å². The summed E-state index contributed by atoms with van der Waals surface area (Å²) in [5, 5.41) is 2.26. The molecular weight excluding hydrogens is 970 g/mol. The topological polar surface area (TPSA) is 22.9 Å². The lowest BCUT2D eigenvalue weighted by molar-refractivity contribution is 0.331. The largest absolute Gasteiger partial charge is 0.454 e. The SMILES string of the molecule is CC(C)(C)c1ccc(N(c2ccc(-c3ccccc3)cc2)c2ccc3c(c2)N(c2ccc(-c4ccccc4)cc2)B2c4cccc5c4N(c4cc6c(cc4C5(C)C)C(C)(C)CCC6(C)C)c4c2c-3cc2c4oc3ccccc32)cc1. The van der Waals surface area contributed by atoms with E-state index in [0.717, 1.165) is 68.9 Å². The summed E-state index contributed by atoms with van der Waals surface area (Å²) in [6, 6.07) is 79.9. The quantitative estimate of drug-likeness (QED) is 0.155. The van der Waals surface area contributed by atoms with Gasteiger partial charge in [-0.05, 0) is 162 Å². The highest BCUT2D eigenvalue weighted by molar-refractivity contribution is 6.94. The number of benzene rings is 10. The van der Waals surface area contributed by atoms with E-state index in [-0.39, 0.29) is 28.5 Å². The summed E-state index contributed by atoms with van der Waals surface area (Å²) in [6.07, 6.45) is 2.30. The molecule has 11 aromatic rings. The maximum atomic E-state index is 7.33. The smallest absolute Gasteiger partial charge is 0.333 e. The monoisotopic (exact) mass is 1040 g/mol. The molecule has 0 saturated heterocycles. The Bertz CT molecular complexity index is 4300. The first kappa shape index (κ1) is 48.6. The molecule has 1 aromatic heterocycles. The molecule has 0 unspecified atom stereocenters. The van der Waals surface area contributed by atoms with E-state index in [2.05, 4.69) is 289 Å². The number of furan rings is 1. The van der Waals surface area contributed by atoms with Crippen LogP contribution >= 0.6 is 0 Å². The lowest BCUT2D eigenvalue weighted by atomic mass is 9.42. The van der Waals surface area contributed by atoms with Crippen LogP contribution < -0.4 is 25.5 Å². The van der Waals surface area contributed by atoms with Gasteiger partial charge in [-0.25, -0.2) is 0 Å². The highest BCUT2D eigenvalue weighted by Crippen LogP contribution is 2.60. The second kappa shape index (κ2) is 17.2. The van der Waals surface area contributed by atoms with Crippen molar-refractivity contribution >= 4 is 85.2 Å². The molecule has 0 bridgehead atoms. The van der Waals surface area contributed by atoms with Gasteiger partial charge in [0.2, 0.25) is 0 Å². The van der Waals surface area contributed by atoms with Gasteiger partial charge in [0.25, 0.3) is 0 Å². The van der Waals surface area contributed by atoms with Crippen LogP contribution in [0.1, 0.15) is 103 Å². The average Bonchev–Trinajstić information content (AvgIpc) is 1.58. The van der Waals surface area contributed by atoms with Crippen LogP contribution in [-0.2, 0) is 21.7 Å². The second-order valence-electron chi connectivity index (χ2n) is 26.0. The minimum atomic E-state index is -0.313. The van der Waals surface area contributed by atoms with E-state index in [0.29, 0.717) is 0 Å². The van der Waals surface area contributed by atoms with Gasteiger partial charge < -0.3 is 19.0 Å². The Hall–Kier alpha value is -8.54. The van der Waals surface area contributed by atoms with Crippen molar-refractivity contribution in [3.8, 4) is 33.4 Å². The molecule has 4 aliphatic rings. The molecule has 390 valence electrons. The molecular formula is C75H66BN3O. The fraction of sp³-hybridized carbons (Fsp3) is 0.200. The van der Waals surface area contributed by atoms with Gasteiger partial charge >= 0.3 is 6.85 Å². The van der Waals surface area contributed by atoms with E-state index in [1.807, 2.05) is 0 Å². The molecule has 4 heterocycles. The summed E-state index contributed by atoms with van der Waals surface area (Å²) in [4.78, 5) is 7.78. The predicted molar refractivity (Wildman–Crippen MR) is 339 cm³/mol. The molecule has 80 heavy (non-hydrogen) atoms. The summed E-state index contributed by atoms with van der Waals surface area (Å²) in [6.45, 7) is 21.4. The molecule has 5 heteroatoms. The van der Waals surface area contributed by atoms with Gasteiger partial charge in [-0.15, -0.1) is 0 Å². The van der Waals surface area contributed by atoms with Crippen LogP contribution in [0.25, 0.3) is 55.3 Å². The molecule has 0 radical (unpaired) electrons. The normalized spacial score (nSPS) is 15.9. The molecule has 15 rings (SSSR count). The Morgan fingerprint density at radius 1 is 0.463 bits per heavy atom. The molecule has 0 amide bonds. The summed E-state index contributed by atoms with van der Waals surface area (Å²) in [5.41, 5.74) is 27.5. The van der Waals surface area contributed by atoms with Crippen molar-refractivity contribution in [3.05, 3.63) is 240 Å². The van der Waals surface area contributed by atoms with E-state index in [9.17, 15) is 0 Å². The minimum absolute atomic E-state index is 0.0114. The van der Waals surface area contributed by atoms with Gasteiger partial charge in [-0.2, -0.15) is 0 Å². The zero-order valence-corrected chi connectivity index (χ0v) is 47.4. The minimum Gasteiger partial charge on any atom is -0.454 e. The van der Waals surface area contributed by atoms with Crippen molar-refractivity contribution in [1.82, 2.24) is 0 Å². The lowest BCUT2D eigenvalue weighted by Gasteiger charge is -2.51. The van der Waals surface area contributed by atoms with Crippen LogP contribution in [-0.4, -0.2) is 6.85 Å². The Morgan fingerprint density at radius 2 is 1.04 bits per heavy atom. The number of rotatable bonds is 6. The molecule has 3 aliphatic heterocycles. The molecule has 1 aliphatic carbocycles. The number of hydrogen-bond donors (Lipinski definition) is 0. The molecule has 10 aromatic carbocycles. The molecule has 4 nitrogen and oxygen atoms in total. The van der Waals surface area contributed by atoms with Crippen LogP contribution in [0.4, 0.5) is 45.5 Å². The molecule has 0 fully saturated rings. The van der Waals surface area contributed by atoms with E-state index in [1.54, 1.807) is 0 Å². The first-order valence-electron chi connectivity index (χ1n) is 28.8. The Morgan fingerprint density at radius 3 is 1.69 bits per heavy atom. The number of anilines is 8.